The largest absolute Gasteiger partial charge is 0.279 e. The average Bonchev–Trinajstić information content (AvgIpc) is 2.37. The number of nitrogens with one attached hydrogen (secondary N) is 1. The summed E-state index contributed by atoms with van der Waals surface area (Å²) < 4.78 is 26.9. The fourth-order valence-electron chi connectivity index (χ4n) is 1.72. The molecule has 0 radical (unpaired) electrons. The van der Waals surface area contributed by atoms with Crippen LogP contribution in [-0.2, 0) is 10.0 Å². The summed E-state index contributed by atoms with van der Waals surface area (Å²) in [6.07, 6.45) is 1.36. The van der Waals surface area contributed by atoms with E-state index in [2.05, 4.69) is 9.71 Å². The maximum Gasteiger partial charge on any atom is 0.269 e. The molecule has 2 rings (SSSR count). The number of nitro benzene ring substituents is 1. The molecule has 0 atom stereocenters. The van der Waals surface area contributed by atoms with E-state index in [0.29, 0.717) is 0 Å². The van der Waals surface area contributed by atoms with Crippen molar-refractivity contribution >= 4 is 33.0 Å². The predicted octanol–water partition coefficient (Wildman–Crippen LogP) is 2.75. The lowest BCUT2D eigenvalue weighted by molar-refractivity contribution is -0.385. The van der Waals surface area contributed by atoms with Crippen molar-refractivity contribution in [2.75, 3.05) is 4.72 Å². The fraction of sp³-hybridized carbons (Fsp3) is 0.0833. The van der Waals surface area contributed by atoms with Crippen LogP contribution in [0.1, 0.15) is 5.56 Å². The van der Waals surface area contributed by atoms with Crippen molar-refractivity contribution in [3.63, 3.8) is 0 Å². The Bertz CT molecular complexity index is 808. The van der Waals surface area contributed by atoms with Crippen LogP contribution in [0.25, 0.3) is 0 Å². The summed E-state index contributed by atoms with van der Waals surface area (Å²) >= 11 is 5.69. The number of nitrogens with zero attached hydrogens (tertiary/aromatic N) is 2. The van der Waals surface area contributed by atoms with E-state index in [1.165, 1.54) is 37.4 Å². The average molecular weight is 328 g/mol. The molecule has 0 aliphatic heterocycles. The molecule has 7 nitrogen and oxygen atoms in total. The Morgan fingerprint density at radius 2 is 2.00 bits per heavy atom. The van der Waals surface area contributed by atoms with Crippen molar-refractivity contribution in [3.8, 4) is 0 Å². The van der Waals surface area contributed by atoms with Gasteiger partial charge in [0.2, 0.25) is 0 Å². The smallest absolute Gasteiger partial charge is 0.269 e. The van der Waals surface area contributed by atoms with Gasteiger partial charge in [0.15, 0.2) is 0 Å². The Morgan fingerprint density at radius 1 is 1.29 bits per heavy atom. The van der Waals surface area contributed by atoms with Crippen LogP contribution in [0.3, 0.4) is 0 Å². The monoisotopic (exact) mass is 327 g/mol. The van der Waals surface area contributed by atoms with Gasteiger partial charge in [-0.15, -0.1) is 0 Å². The minimum atomic E-state index is -3.86. The second kappa shape index (κ2) is 5.66. The number of anilines is 1. The predicted molar refractivity (Wildman–Crippen MR) is 77.9 cm³/mol. The van der Waals surface area contributed by atoms with Gasteiger partial charge in [0.05, 0.1) is 15.5 Å². The standard InChI is InChI=1S/C12H10ClN3O4S/c1-8-6-10(16(17)18)2-3-11(8)21(19,20)15-9-4-5-14-12(13)7-9/h2-7H,1H3,(H,14,15). The maximum absolute atomic E-state index is 12.3. The number of hydrogen-bond donors (Lipinski definition) is 1. The van der Waals surface area contributed by atoms with Gasteiger partial charge in [0.1, 0.15) is 5.15 Å². The Hall–Kier alpha value is -2.19. The van der Waals surface area contributed by atoms with Gasteiger partial charge in [-0.05, 0) is 30.7 Å². The Kier molecular flexibility index (Phi) is 4.10. The van der Waals surface area contributed by atoms with Gasteiger partial charge in [0.25, 0.3) is 15.7 Å². The van der Waals surface area contributed by atoms with E-state index >= 15 is 0 Å². The molecule has 0 amide bonds. The summed E-state index contributed by atoms with van der Waals surface area (Å²) in [6, 6.07) is 6.35. The zero-order valence-electron chi connectivity index (χ0n) is 10.8. The number of sulfonamides is 1. The first-order chi connectivity index (χ1) is 9.79. The first-order valence-corrected chi connectivity index (χ1v) is 7.55. The van der Waals surface area contributed by atoms with E-state index in [1.807, 2.05) is 0 Å². The highest BCUT2D eigenvalue weighted by Gasteiger charge is 2.19. The zero-order chi connectivity index (χ0) is 15.6. The minimum absolute atomic E-state index is 0.0407. The molecule has 1 aromatic carbocycles. The summed E-state index contributed by atoms with van der Waals surface area (Å²) in [6.45, 7) is 1.49. The van der Waals surface area contributed by atoms with Gasteiger partial charge in [0, 0.05) is 18.3 Å². The Morgan fingerprint density at radius 3 is 2.57 bits per heavy atom. The summed E-state index contributed by atoms with van der Waals surface area (Å²) in [4.78, 5) is 13.8. The minimum Gasteiger partial charge on any atom is -0.279 e. The third-order valence-electron chi connectivity index (χ3n) is 2.64. The number of nitro groups is 1. The molecule has 1 N–H and O–H groups in total. The van der Waals surface area contributed by atoms with Gasteiger partial charge in [-0.25, -0.2) is 13.4 Å². The highest BCUT2D eigenvalue weighted by molar-refractivity contribution is 7.92. The van der Waals surface area contributed by atoms with Gasteiger partial charge in [-0.1, -0.05) is 11.6 Å². The second-order valence-corrected chi connectivity index (χ2v) is 6.22. The number of non-ortho nitro benzene ring substituents is 1. The van der Waals surface area contributed by atoms with Crippen LogP contribution in [0.4, 0.5) is 11.4 Å². The number of rotatable bonds is 4. The third-order valence-corrected chi connectivity index (χ3v) is 4.39. The topological polar surface area (TPSA) is 102 Å². The van der Waals surface area contributed by atoms with E-state index < -0.39 is 14.9 Å². The van der Waals surface area contributed by atoms with E-state index in [0.717, 1.165) is 6.07 Å². The van der Waals surface area contributed by atoms with Crippen molar-refractivity contribution in [3.05, 3.63) is 57.4 Å². The molecule has 0 aliphatic carbocycles. The SMILES string of the molecule is Cc1cc([N+](=O)[O-])ccc1S(=O)(=O)Nc1ccnc(Cl)c1. The molecule has 0 saturated carbocycles. The molecule has 0 bridgehead atoms. The van der Waals surface area contributed by atoms with Crippen molar-refractivity contribution in [2.24, 2.45) is 0 Å². The number of aryl methyl sites for hydroxylation is 1. The van der Waals surface area contributed by atoms with E-state index in [-0.39, 0.29) is 27.0 Å². The number of hydrogen-bond acceptors (Lipinski definition) is 5. The normalized spacial score (nSPS) is 11.1. The first kappa shape index (κ1) is 15.2. The van der Waals surface area contributed by atoms with Crippen LogP contribution in [0.15, 0.2) is 41.4 Å². The molecule has 2 aromatic rings. The molecule has 0 saturated heterocycles. The van der Waals surface area contributed by atoms with Crippen molar-refractivity contribution in [1.82, 2.24) is 4.98 Å². The first-order valence-electron chi connectivity index (χ1n) is 5.69. The van der Waals surface area contributed by atoms with Crippen LogP contribution in [0.2, 0.25) is 5.15 Å². The highest BCUT2D eigenvalue weighted by atomic mass is 35.5. The van der Waals surface area contributed by atoms with Crippen molar-refractivity contribution < 1.29 is 13.3 Å². The summed E-state index contributed by atoms with van der Waals surface area (Å²) in [5.41, 5.74) is 0.364. The lowest BCUT2D eigenvalue weighted by Crippen LogP contribution is -2.14. The third kappa shape index (κ3) is 3.47. The molecule has 0 fully saturated rings. The number of aromatic nitrogens is 1. The van der Waals surface area contributed by atoms with Crippen LogP contribution < -0.4 is 4.72 Å². The van der Waals surface area contributed by atoms with E-state index in [1.54, 1.807) is 0 Å². The highest BCUT2D eigenvalue weighted by Crippen LogP contribution is 2.23. The molecule has 9 heteroatoms. The fourth-order valence-corrected chi connectivity index (χ4v) is 3.18. The van der Waals surface area contributed by atoms with Crippen LogP contribution >= 0.6 is 11.6 Å². The van der Waals surface area contributed by atoms with Gasteiger partial charge >= 0.3 is 0 Å². The number of halogens is 1. The van der Waals surface area contributed by atoms with Crippen LogP contribution in [0, 0.1) is 17.0 Å². The lowest BCUT2D eigenvalue weighted by Gasteiger charge is -2.10. The Labute approximate surface area is 125 Å². The van der Waals surface area contributed by atoms with Crippen LogP contribution in [-0.4, -0.2) is 18.3 Å². The molecule has 21 heavy (non-hydrogen) atoms. The summed E-state index contributed by atoms with van der Waals surface area (Å²) in [5, 5.41) is 10.8. The van der Waals surface area contributed by atoms with Crippen molar-refractivity contribution in [2.45, 2.75) is 11.8 Å². The molecule has 1 heterocycles. The molecule has 0 unspecified atom stereocenters. The van der Waals surface area contributed by atoms with E-state index in [9.17, 15) is 18.5 Å². The number of benzene rings is 1. The second-order valence-electron chi connectivity index (χ2n) is 4.18. The van der Waals surface area contributed by atoms with Gasteiger partial charge < -0.3 is 0 Å². The molecule has 0 aliphatic rings. The molecule has 1 aromatic heterocycles. The van der Waals surface area contributed by atoms with Crippen LogP contribution in [0.5, 0.6) is 0 Å². The van der Waals surface area contributed by atoms with Gasteiger partial charge in [-0.2, -0.15) is 0 Å². The van der Waals surface area contributed by atoms with Crippen molar-refractivity contribution in [1.29, 1.82) is 0 Å². The number of pyridine rings is 1. The quantitative estimate of drug-likeness (QED) is 0.528. The molecule has 0 spiro atoms. The maximum atomic E-state index is 12.3. The summed E-state index contributed by atoms with van der Waals surface area (Å²) in [7, 11) is -3.86. The molecule has 110 valence electrons. The van der Waals surface area contributed by atoms with Gasteiger partial charge in [-0.3, -0.25) is 14.8 Å². The van der Waals surface area contributed by atoms with E-state index in [4.69, 9.17) is 11.6 Å². The lowest BCUT2D eigenvalue weighted by atomic mass is 10.2. The molecular weight excluding hydrogens is 318 g/mol. The Balaban J connectivity index is 2.38. The molecular formula is C12H10ClN3O4S. The zero-order valence-corrected chi connectivity index (χ0v) is 12.4. The summed E-state index contributed by atoms with van der Waals surface area (Å²) in [5.74, 6) is 0.